The molecule has 10 heteroatoms. The standard InChI is InChI=1S/C22H24F3N5O2/c1-28-9-6-27-19(28)20(32)29-7-4-21(5-8-29)14-30(12-16(21)13-31)17-3-2-15(11-26)18(10-17)22(23,24)25/h2-3,6,9-10,16,31H,4-5,7-8,12-14H2,1H3. The summed E-state index contributed by atoms with van der Waals surface area (Å²) in [6.07, 6.45) is -0.0453. The Morgan fingerprint density at radius 1 is 1.34 bits per heavy atom. The Kier molecular flexibility index (Phi) is 5.63. The molecule has 2 aliphatic heterocycles. The minimum absolute atomic E-state index is 0.0772. The second-order valence-corrected chi connectivity index (χ2v) is 8.62. The van der Waals surface area contributed by atoms with E-state index in [-0.39, 0.29) is 23.8 Å². The molecule has 1 spiro atoms. The van der Waals surface area contributed by atoms with Crippen molar-refractivity contribution < 1.29 is 23.1 Å². The molecule has 0 saturated carbocycles. The van der Waals surface area contributed by atoms with Crippen molar-refractivity contribution in [2.24, 2.45) is 18.4 Å². The molecule has 2 aromatic rings. The number of hydrogen-bond acceptors (Lipinski definition) is 5. The molecular weight excluding hydrogens is 423 g/mol. The summed E-state index contributed by atoms with van der Waals surface area (Å²) in [4.78, 5) is 20.5. The number of halogens is 3. The average Bonchev–Trinajstić information content (AvgIpc) is 3.36. The van der Waals surface area contributed by atoms with Gasteiger partial charge in [-0.2, -0.15) is 18.4 Å². The predicted molar refractivity (Wildman–Crippen MR) is 110 cm³/mol. The summed E-state index contributed by atoms with van der Waals surface area (Å²) in [6, 6.07) is 5.35. The molecule has 0 bridgehead atoms. The first-order valence-corrected chi connectivity index (χ1v) is 10.4. The number of alkyl halides is 3. The van der Waals surface area contributed by atoms with Crippen LogP contribution in [-0.4, -0.2) is 58.3 Å². The van der Waals surface area contributed by atoms with Crippen molar-refractivity contribution in [1.82, 2.24) is 14.5 Å². The number of piperidine rings is 1. The van der Waals surface area contributed by atoms with Gasteiger partial charge in [0.1, 0.15) is 0 Å². The Labute approximate surface area is 183 Å². The number of hydrogen-bond donors (Lipinski definition) is 1. The molecule has 1 atom stereocenters. The second kappa shape index (κ2) is 8.13. The van der Waals surface area contributed by atoms with Gasteiger partial charge in [-0.15, -0.1) is 0 Å². The van der Waals surface area contributed by atoms with E-state index in [4.69, 9.17) is 5.26 Å². The Balaban J connectivity index is 1.52. The van der Waals surface area contributed by atoms with E-state index in [2.05, 4.69) is 4.98 Å². The molecule has 32 heavy (non-hydrogen) atoms. The number of rotatable bonds is 3. The first-order chi connectivity index (χ1) is 15.2. The number of carbonyl (C=O) groups is 1. The molecule has 4 rings (SSSR count). The molecule has 2 saturated heterocycles. The third-order valence-electron chi connectivity index (χ3n) is 6.89. The predicted octanol–water partition coefficient (Wildman–Crippen LogP) is 2.66. The number of anilines is 1. The summed E-state index contributed by atoms with van der Waals surface area (Å²) < 4.78 is 41.9. The summed E-state index contributed by atoms with van der Waals surface area (Å²) in [5.74, 6) is 0.104. The lowest BCUT2D eigenvalue weighted by atomic mass is 9.71. The first kappa shape index (κ1) is 22.1. The number of amides is 1. The van der Waals surface area contributed by atoms with Crippen LogP contribution < -0.4 is 4.90 Å². The summed E-state index contributed by atoms with van der Waals surface area (Å²) >= 11 is 0. The zero-order valence-electron chi connectivity index (χ0n) is 17.6. The van der Waals surface area contributed by atoms with Crippen molar-refractivity contribution in [2.45, 2.75) is 19.0 Å². The molecule has 1 aromatic carbocycles. The van der Waals surface area contributed by atoms with Gasteiger partial charge in [0, 0.05) is 63.8 Å². The van der Waals surface area contributed by atoms with Crippen LogP contribution in [0.1, 0.15) is 34.6 Å². The maximum absolute atomic E-state index is 13.4. The van der Waals surface area contributed by atoms with Gasteiger partial charge in [-0.1, -0.05) is 0 Å². The Morgan fingerprint density at radius 3 is 2.62 bits per heavy atom. The highest BCUT2D eigenvalue weighted by atomic mass is 19.4. The maximum Gasteiger partial charge on any atom is 0.417 e. The molecule has 2 fully saturated rings. The highest BCUT2D eigenvalue weighted by molar-refractivity contribution is 5.90. The number of benzene rings is 1. The van der Waals surface area contributed by atoms with Crippen molar-refractivity contribution >= 4 is 11.6 Å². The van der Waals surface area contributed by atoms with Crippen LogP contribution in [0.2, 0.25) is 0 Å². The fourth-order valence-electron chi connectivity index (χ4n) is 4.98. The van der Waals surface area contributed by atoms with Crippen LogP contribution in [0.3, 0.4) is 0 Å². The van der Waals surface area contributed by atoms with Gasteiger partial charge in [-0.3, -0.25) is 4.79 Å². The Morgan fingerprint density at radius 2 is 2.06 bits per heavy atom. The minimum atomic E-state index is -4.62. The fourth-order valence-corrected chi connectivity index (χ4v) is 4.98. The number of nitrogens with zero attached hydrogens (tertiary/aromatic N) is 5. The van der Waals surface area contributed by atoms with Gasteiger partial charge < -0.3 is 19.5 Å². The summed E-state index contributed by atoms with van der Waals surface area (Å²) in [6.45, 7) is 1.83. The molecule has 7 nitrogen and oxygen atoms in total. The summed E-state index contributed by atoms with van der Waals surface area (Å²) in [5, 5.41) is 19.1. The zero-order chi connectivity index (χ0) is 23.1. The topological polar surface area (TPSA) is 85.4 Å². The number of carbonyl (C=O) groups excluding carboxylic acids is 1. The molecule has 2 aliphatic rings. The molecule has 0 radical (unpaired) electrons. The van der Waals surface area contributed by atoms with E-state index in [9.17, 15) is 23.1 Å². The van der Waals surface area contributed by atoms with E-state index in [1.807, 2.05) is 4.90 Å². The van der Waals surface area contributed by atoms with Crippen LogP contribution in [0.4, 0.5) is 18.9 Å². The van der Waals surface area contributed by atoms with Crippen molar-refractivity contribution in [3.05, 3.63) is 47.5 Å². The fraction of sp³-hybridized carbons (Fsp3) is 0.500. The number of likely N-dealkylation sites (tertiary alicyclic amines) is 1. The van der Waals surface area contributed by atoms with Gasteiger partial charge in [-0.25, -0.2) is 4.98 Å². The quantitative estimate of drug-likeness (QED) is 0.782. The lowest BCUT2D eigenvalue weighted by Gasteiger charge is -2.42. The number of aliphatic hydroxyl groups is 1. The molecule has 1 unspecified atom stereocenters. The van der Waals surface area contributed by atoms with Crippen molar-refractivity contribution in [3.8, 4) is 6.07 Å². The lowest BCUT2D eigenvalue weighted by molar-refractivity contribution is -0.137. The van der Waals surface area contributed by atoms with E-state index < -0.39 is 17.3 Å². The van der Waals surface area contributed by atoms with E-state index in [1.165, 1.54) is 12.1 Å². The number of imidazole rings is 1. The normalized spacial score (nSPS) is 20.6. The summed E-state index contributed by atoms with van der Waals surface area (Å²) in [5.41, 5.74) is -1.26. The maximum atomic E-state index is 13.4. The van der Waals surface area contributed by atoms with Gasteiger partial charge in [0.05, 0.1) is 17.2 Å². The van der Waals surface area contributed by atoms with Crippen molar-refractivity contribution in [1.29, 1.82) is 5.26 Å². The number of aryl methyl sites for hydroxylation is 1. The van der Waals surface area contributed by atoms with Gasteiger partial charge in [-0.05, 0) is 36.5 Å². The van der Waals surface area contributed by atoms with E-state index in [0.717, 1.165) is 6.07 Å². The van der Waals surface area contributed by atoms with E-state index in [1.54, 1.807) is 35.0 Å². The third kappa shape index (κ3) is 3.81. The van der Waals surface area contributed by atoms with E-state index in [0.29, 0.717) is 50.5 Å². The van der Waals surface area contributed by atoms with Gasteiger partial charge in [0.2, 0.25) is 0 Å². The van der Waals surface area contributed by atoms with Gasteiger partial charge in [0.25, 0.3) is 5.91 Å². The van der Waals surface area contributed by atoms with Gasteiger partial charge in [0.15, 0.2) is 5.82 Å². The van der Waals surface area contributed by atoms with Crippen molar-refractivity contribution in [3.63, 3.8) is 0 Å². The van der Waals surface area contributed by atoms with Crippen LogP contribution in [0.5, 0.6) is 0 Å². The largest absolute Gasteiger partial charge is 0.417 e. The van der Waals surface area contributed by atoms with Gasteiger partial charge >= 0.3 is 6.18 Å². The monoisotopic (exact) mass is 447 g/mol. The van der Waals surface area contributed by atoms with Crippen LogP contribution in [-0.2, 0) is 13.2 Å². The highest BCUT2D eigenvalue weighted by Crippen LogP contribution is 2.46. The Hall–Kier alpha value is -3.06. The minimum Gasteiger partial charge on any atom is -0.396 e. The Bertz CT molecular complexity index is 1050. The lowest BCUT2D eigenvalue weighted by Crippen LogP contribution is -2.47. The molecule has 3 heterocycles. The number of aromatic nitrogens is 2. The average molecular weight is 447 g/mol. The first-order valence-electron chi connectivity index (χ1n) is 10.4. The molecule has 170 valence electrons. The van der Waals surface area contributed by atoms with Crippen LogP contribution >= 0.6 is 0 Å². The molecular formula is C22H24F3N5O2. The number of nitriles is 1. The van der Waals surface area contributed by atoms with Crippen molar-refractivity contribution in [2.75, 3.05) is 37.7 Å². The van der Waals surface area contributed by atoms with Crippen LogP contribution in [0, 0.1) is 22.7 Å². The molecule has 1 amide bonds. The SMILES string of the molecule is Cn1ccnc1C(=O)N1CCC2(CC1)CN(c1ccc(C#N)c(C(F)(F)F)c1)CC2CO. The number of aliphatic hydroxyl groups excluding tert-OH is 1. The van der Waals surface area contributed by atoms with Crippen LogP contribution in [0.15, 0.2) is 30.6 Å². The smallest absolute Gasteiger partial charge is 0.396 e. The third-order valence-corrected chi connectivity index (χ3v) is 6.89. The van der Waals surface area contributed by atoms with E-state index >= 15 is 0 Å². The molecule has 1 N–H and O–H groups in total. The zero-order valence-corrected chi connectivity index (χ0v) is 17.6. The highest BCUT2D eigenvalue weighted by Gasteiger charge is 2.48. The molecule has 1 aromatic heterocycles. The van der Waals surface area contributed by atoms with Crippen LogP contribution in [0.25, 0.3) is 0 Å². The molecule has 0 aliphatic carbocycles. The summed E-state index contributed by atoms with van der Waals surface area (Å²) in [7, 11) is 1.76. The second-order valence-electron chi connectivity index (χ2n) is 8.62.